The lowest BCUT2D eigenvalue weighted by atomic mass is 9.99. The first-order valence-corrected chi connectivity index (χ1v) is 14.1. The topological polar surface area (TPSA) is 67.0 Å². The molecule has 5 rings (SSSR count). The number of hydrogen-bond donors (Lipinski definition) is 2. The van der Waals surface area contributed by atoms with Crippen LogP contribution in [0.3, 0.4) is 0 Å². The maximum Gasteiger partial charge on any atom is 0.278 e. The van der Waals surface area contributed by atoms with Gasteiger partial charge in [-0.3, -0.25) is 14.5 Å². The van der Waals surface area contributed by atoms with Crippen LogP contribution in [0.15, 0.2) is 83.9 Å². The molecule has 5 nitrogen and oxygen atoms in total. The van der Waals surface area contributed by atoms with Gasteiger partial charge < -0.3 is 9.72 Å². The van der Waals surface area contributed by atoms with Crippen molar-refractivity contribution in [1.82, 2.24) is 14.7 Å². The molecule has 0 fully saturated rings. The largest absolute Gasteiger partial charge is 0.494 e. The van der Waals surface area contributed by atoms with Crippen LogP contribution >= 0.6 is 23.5 Å². The molecular formula is C32H30ClN3O2S. The zero-order valence-electron chi connectivity index (χ0n) is 22.2. The molecule has 0 saturated heterocycles. The molecule has 0 aliphatic heterocycles. The van der Waals surface area contributed by atoms with Crippen molar-refractivity contribution in [3.63, 3.8) is 0 Å². The Hall–Kier alpha value is -3.74. The molecule has 0 aliphatic rings. The van der Waals surface area contributed by atoms with E-state index in [1.807, 2.05) is 75.4 Å². The second-order valence-electron chi connectivity index (χ2n) is 9.51. The second kappa shape index (κ2) is 12.0. The summed E-state index contributed by atoms with van der Waals surface area (Å²) in [6.45, 7) is 6.48. The molecule has 0 aliphatic carbocycles. The molecule has 1 amide bonds. The number of hydrogen-bond acceptors (Lipinski definition) is 4. The van der Waals surface area contributed by atoms with Crippen LogP contribution in [-0.2, 0) is 6.42 Å². The van der Waals surface area contributed by atoms with Crippen molar-refractivity contribution in [2.24, 2.45) is 0 Å². The summed E-state index contributed by atoms with van der Waals surface area (Å²) in [6.07, 6.45) is 3.22. The minimum Gasteiger partial charge on any atom is -0.494 e. The molecule has 0 bridgehead atoms. The molecule has 0 atom stereocenters. The normalized spacial score (nSPS) is 11.1. The fraction of sp³-hybridized carbons (Fsp3) is 0.188. The van der Waals surface area contributed by atoms with Crippen molar-refractivity contribution >= 4 is 40.4 Å². The van der Waals surface area contributed by atoms with Gasteiger partial charge in [-0.2, -0.15) is 0 Å². The lowest BCUT2D eigenvalue weighted by molar-refractivity contribution is 0.0979. The summed E-state index contributed by atoms with van der Waals surface area (Å²) >= 11 is 7.62. The quantitative estimate of drug-likeness (QED) is 0.142. The van der Waals surface area contributed by atoms with E-state index < -0.39 is 0 Å². The fourth-order valence-electron chi connectivity index (χ4n) is 4.79. The third-order valence-corrected chi connectivity index (χ3v) is 8.11. The molecule has 7 heteroatoms. The van der Waals surface area contributed by atoms with Crippen LogP contribution in [0, 0.1) is 20.8 Å². The number of H-pyrrole nitrogens is 1. The molecule has 39 heavy (non-hydrogen) atoms. The van der Waals surface area contributed by atoms with Gasteiger partial charge in [0.2, 0.25) is 0 Å². The number of amides is 1. The number of aryl methyl sites for hydroxylation is 4. The molecule has 0 radical (unpaired) electrons. The first-order valence-electron chi connectivity index (χ1n) is 12.9. The Kier molecular flexibility index (Phi) is 8.24. The lowest BCUT2D eigenvalue weighted by Crippen LogP contribution is -2.18. The highest BCUT2D eigenvalue weighted by Gasteiger charge is 2.20. The monoisotopic (exact) mass is 555 g/mol. The molecule has 2 heterocycles. The number of ether oxygens (including phenoxy) is 1. The Bertz CT molecular complexity index is 1610. The number of aromatic nitrogens is 2. The third-order valence-electron chi connectivity index (χ3n) is 6.72. The van der Waals surface area contributed by atoms with Crippen molar-refractivity contribution in [2.75, 3.05) is 6.61 Å². The molecule has 0 spiro atoms. The number of carbonyl (C=O) groups excluding carboxylic acids is 1. The van der Waals surface area contributed by atoms with Crippen LogP contribution < -0.4 is 9.46 Å². The Morgan fingerprint density at radius 2 is 1.72 bits per heavy atom. The van der Waals surface area contributed by atoms with Gasteiger partial charge in [0.25, 0.3) is 5.91 Å². The van der Waals surface area contributed by atoms with Gasteiger partial charge in [-0.25, -0.2) is 0 Å². The number of halogens is 1. The SMILES string of the molecule is Cc1cc(OCCCc2c(C(=O)NSc3ccccc3)[nH]c3c(-c4cccnc4C)cccc23)cc(C)c1Cl. The maximum atomic E-state index is 13.5. The smallest absolute Gasteiger partial charge is 0.278 e. The highest BCUT2D eigenvalue weighted by molar-refractivity contribution is 7.98. The van der Waals surface area contributed by atoms with Gasteiger partial charge in [0.05, 0.1) is 12.1 Å². The van der Waals surface area contributed by atoms with E-state index in [9.17, 15) is 4.79 Å². The number of nitrogens with one attached hydrogen (secondary N) is 2. The number of carbonyl (C=O) groups is 1. The number of benzene rings is 3. The molecule has 2 aromatic heterocycles. The van der Waals surface area contributed by atoms with Gasteiger partial charge in [0.15, 0.2) is 0 Å². The molecule has 198 valence electrons. The first kappa shape index (κ1) is 26.9. The standard InChI is InChI=1S/C32H30ClN3O2S/c1-20-18-23(19-21(2)29(20)33)38-17-9-15-28-27-13-7-12-26(25-14-8-16-34-22(25)3)30(27)35-31(28)32(37)36-39-24-10-5-4-6-11-24/h4-8,10-14,16,18-19,35H,9,15,17H2,1-3H3,(H,36,37). The predicted molar refractivity (Wildman–Crippen MR) is 161 cm³/mol. The Morgan fingerprint density at radius 1 is 0.974 bits per heavy atom. The minimum atomic E-state index is -0.159. The average Bonchev–Trinajstić information content (AvgIpc) is 3.32. The minimum absolute atomic E-state index is 0.159. The van der Waals surface area contributed by atoms with Crippen LogP contribution in [0.2, 0.25) is 5.02 Å². The van der Waals surface area contributed by atoms with Gasteiger partial charge in [-0.05, 0) is 92.6 Å². The highest BCUT2D eigenvalue weighted by atomic mass is 35.5. The Morgan fingerprint density at radius 3 is 2.46 bits per heavy atom. The van der Waals surface area contributed by atoms with E-state index in [4.69, 9.17) is 16.3 Å². The van der Waals surface area contributed by atoms with E-state index in [0.717, 1.165) is 66.5 Å². The van der Waals surface area contributed by atoms with Crippen LogP contribution in [0.25, 0.3) is 22.0 Å². The van der Waals surface area contributed by atoms with Crippen molar-refractivity contribution in [3.8, 4) is 16.9 Å². The summed E-state index contributed by atoms with van der Waals surface area (Å²) in [5.74, 6) is 0.647. The Balaban J connectivity index is 1.43. The molecule has 3 aromatic carbocycles. The number of fused-ring (bicyclic) bond motifs is 1. The van der Waals surface area contributed by atoms with Crippen molar-refractivity contribution in [2.45, 2.75) is 38.5 Å². The molecule has 0 saturated carbocycles. The number of rotatable bonds is 9. The van der Waals surface area contributed by atoms with Gasteiger partial charge in [0, 0.05) is 38.3 Å². The molecule has 0 unspecified atom stereocenters. The van der Waals surface area contributed by atoms with Crippen LogP contribution in [0.5, 0.6) is 5.75 Å². The van der Waals surface area contributed by atoms with Gasteiger partial charge in [-0.15, -0.1) is 0 Å². The average molecular weight is 556 g/mol. The summed E-state index contributed by atoms with van der Waals surface area (Å²) < 4.78 is 9.08. The molecule has 2 N–H and O–H groups in total. The number of aromatic amines is 1. The summed E-state index contributed by atoms with van der Waals surface area (Å²) in [6, 6.07) is 23.9. The van der Waals surface area contributed by atoms with E-state index in [-0.39, 0.29) is 5.91 Å². The molecule has 5 aromatic rings. The summed E-state index contributed by atoms with van der Waals surface area (Å²) in [4.78, 5) is 22.4. The number of nitrogens with zero attached hydrogens (tertiary/aromatic N) is 1. The van der Waals surface area contributed by atoms with E-state index in [2.05, 4.69) is 32.9 Å². The zero-order chi connectivity index (χ0) is 27.4. The third kappa shape index (κ3) is 5.97. The highest BCUT2D eigenvalue weighted by Crippen LogP contribution is 2.34. The summed E-state index contributed by atoms with van der Waals surface area (Å²) in [5.41, 5.74) is 7.48. The van der Waals surface area contributed by atoms with E-state index >= 15 is 0 Å². The van der Waals surface area contributed by atoms with E-state index in [1.165, 1.54) is 11.9 Å². The van der Waals surface area contributed by atoms with Crippen LogP contribution in [0.4, 0.5) is 0 Å². The van der Waals surface area contributed by atoms with E-state index in [1.54, 1.807) is 6.20 Å². The predicted octanol–water partition coefficient (Wildman–Crippen LogP) is 8.26. The maximum absolute atomic E-state index is 13.5. The number of para-hydroxylation sites is 1. The van der Waals surface area contributed by atoms with E-state index in [0.29, 0.717) is 18.7 Å². The van der Waals surface area contributed by atoms with Crippen molar-refractivity contribution < 1.29 is 9.53 Å². The van der Waals surface area contributed by atoms with Crippen LogP contribution in [0.1, 0.15) is 39.3 Å². The van der Waals surface area contributed by atoms with Gasteiger partial charge in [0.1, 0.15) is 11.4 Å². The lowest BCUT2D eigenvalue weighted by Gasteiger charge is -2.11. The van der Waals surface area contributed by atoms with Crippen molar-refractivity contribution in [3.05, 3.63) is 112 Å². The summed E-state index contributed by atoms with van der Waals surface area (Å²) in [7, 11) is 0. The molecular weight excluding hydrogens is 526 g/mol. The summed E-state index contributed by atoms with van der Waals surface area (Å²) in [5, 5.41) is 1.80. The zero-order valence-corrected chi connectivity index (χ0v) is 23.7. The second-order valence-corrected chi connectivity index (χ2v) is 10.8. The number of pyridine rings is 1. The first-order chi connectivity index (χ1) is 18.9. The van der Waals surface area contributed by atoms with Gasteiger partial charge >= 0.3 is 0 Å². The van der Waals surface area contributed by atoms with Gasteiger partial charge in [-0.1, -0.05) is 54.1 Å². The van der Waals surface area contributed by atoms with Crippen molar-refractivity contribution in [1.29, 1.82) is 0 Å². The Labute approximate surface area is 238 Å². The van der Waals surface area contributed by atoms with Crippen LogP contribution in [-0.4, -0.2) is 22.5 Å². The fourth-order valence-corrected chi connectivity index (χ4v) is 5.51.